The minimum absolute atomic E-state index is 0.0528. The highest BCUT2D eigenvalue weighted by Crippen LogP contribution is 2.37. The minimum atomic E-state index is -0.373. The van der Waals surface area contributed by atoms with Crippen molar-refractivity contribution in [1.82, 2.24) is 19.9 Å². The Bertz CT molecular complexity index is 1080. The van der Waals surface area contributed by atoms with E-state index in [4.69, 9.17) is 4.74 Å². The van der Waals surface area contributed by atoms with Crippen LogP contribution in [0.2, 0.25) is 0 Å². The number of rotatable bonds is 4. The molecule has 144 valence electrons. The highest BCUT2D eigenvalue weighted by atomic mass is 16.5. The van der Waals surface area contributed by atoms with Gasteiger partial charge in [-0.15, -0.1) is 0 Å². The Hall–Kier alpha value is -4.02. The third kappa shape index (κ3) is 3.09. The number of amides is 3. The number of para-hydroxylation sites is 1. The number of anilines is 5. The van der Waals surface area contributed by atoms with Crippen molar-refractivity contribution < 1.29 is 14.3 Å². The van der Waals surface area contributed by atoms with Crippen LogP contribution in [-0.2, 0) is 4.79 Å². The molecule has 28 heavy (non-hydrogen) atoms. The van der Waals surface area contributed by atoms with E-state index in [0.29, 0.717) is 40.1 Å². The lowest BCUT2D eigenvalue weighted by atomic mass is 10.2. The highest BCUT2D eigenvalue weighted by Gasteiger charge is 2.20. The van der Waals surface area contributed by atoms with Gasteiger partial charge in [0.05, 0.1) is 17.6 Å². The maximum atomic E-state index is 11.7. The van der Waals surface area contributed by atoms with Crippen LogP contribution < -0.4 is 31.3 Å². The molecule has 0 atom stereocenters. The molecule has 4 rings (SSSR count). The molecule has 1 aromatic carbocycles. The van der Waals surface area contributed by atoms with Crippen molar-refractivity contribution in [3.8, 4) is 5.75 Å². The quantitative estimate of drug-likeness (QED) is 0.463. The van der Waals surface area contributed by atoms with Gasteiger partial charge in [0.1, 0.15) is 17.3 Å². The van der Waals surface area contributed by atoms with Crippen molar-refractivity contribution in [3.63, 3.8) is 0 Å². The molecule has 5 N–H and O–H groups in total. The molecule has 0 unspecified atom stereocenters. The monoisotopic (exact) mass is 382 g/mol. The van der Waals surface area contributed by atoms with Crippen LogP contribution in [0, 0.1) is 0 Å². The average Bonchev–Trinajstić information content (AvgIpc) is 3.10. The molecule has 3 aromatic rings. The molecule has 11 heteroatoms. The largest absolute Gasteiger partial charge is 0.479 e. The molecule has 1 aliphatic heterocycles. The molecule has 0 aliphatic carbocycles. The fourth-order valence-electron chi connectivity index (χ4n) is 2.83. The molecule has 11 nitrogen and oxygen atoms in total. The van der Waals surface area contributed by atoms with E-state index in [9.17, 15) is 9.59 Å². The SMILES string of the molecule is CNC(=O)Nc1cnn2c(NC)cc(Nc3cccc4c3OCC(=O)N4)nc12. The predicted molar refractivity (Wildman–Crippen MR) is 104 cm³/mol. The van der Waals surface area contributed by atoms with Crippen LogP contribution in [0.1, 0.15) is 0 Å². The summed E-state index contributed by atoms with van der Waals surface area (Å²) in [6.45, 7) is -0.0528. The van der Waals surface area contributed by atoms with Crippen molar-refractivity contribution in [2.75, 3.05) is 42.0 Å². The predicted octanol–water partition coefficient (Wildman–Crippen LogP) is 1.60. The summed E-state index contributed by atoms with van der Waals surface area (Å²) in [6, 6.07) is 6.77. The van der Waals surface area contributed by atoms with Gasteiger partial charge in [0.2, 0.25) is 0 Å². The zero-order valence-electron chi connectivity index (χ0n) is 15.2. The average molecular weight is 382 g/mol. The third-order valence-electron chi connectivity index (χ3n) is 4.10. The summed E-state index contributed by atoms with van der Waals surface area (Å²) in [5.74, 6) is 1.50. The molecule has 1 aliphatic rings. The Labute approximate surface area is 159 Å². The van der Waals surface area contributed by atoms with Gasteiger partial charge in [-0.25, -0.2) is 9.78 Å². The molecule has 0 spiro atoms. The molecular weight excluding hydrogens is 364 g/mol. The topological polar surface area (TPSA) is 134 Å². The van der Waals surface area contributed by atoms with Crippen molar-refractivity contribution >= 4 is 46.3 Å². The first-order valence-corrected chi connectivity index (χ1v) is 8.47. The summed E-state index contributed by atoms with van der Waals surface area (Å²) >= 11 is 0. The molecular formula is C17H18N8O3. The number of fused-ring (bicyclic) bond motifs is 2. The molecule has 3 amide bonds. The zero-order chi connectivity index (χ0) is 19.7. The summed E-state index contributed by atoms with van der Waals surface area (Å²) in [7, 11) is 3.28. The number of aromatic nitrogens is 3. The summed E-state index contributed by atoms with van der Waals surface area (Å²) in [4.78, 5) is 27.7. The van der Waals surface area contributed by atoms with E-state index in [1.807, 2.05) is 6.07 Å². The molecule has 0 saturated carbocycles. The lowest BCUT2D eigenvalue weighted by Crippen LogP contribution is -2.25. The van der Waals surface area contributed by atoms with Gasteiger partial charge in [0.25, 0.3) is 5.91 Å². The van der Waals surface area contributed by atoms with E-state index < -0.39 is 0 Å². The van der Waals surface area contributed by atoms with Crippen LogP contribution in [0.4, 0.5) is 33.5 Å². The van der Waals surface area contributed by atoms with Gasteiger partial charge in [-0.05, 0) is 12.1 Å². The van der Waals surface area contributed by atoms with E-state index in [-0.39, 0.29) is 18.5 Å². The number of ether oxygens (including phenoxy) is 1. The number of carbonyl (C=O) groups excluding carboxylic acids is 2. The number of carbonyl (C=O) groups is 2. The number of nitrogens with zero attached hydrogens (tertiary/aromatic N) is 3. The van der Waals surface area contributed by atoms with E-state index in [0.717, 1.165) is 0 Å². The van der Waals surface area contributed by atoms with Crippen LogP contribution in [0.5, 0.6) is 5.75 Å². The van der Waals surface area contributed by atoms with Gasteiger partial charge in [-0.2, -0.15) is 9.61 Å². The van der Waals surface area contributed by atoms with E-state index in [2.05, 4.69) is 36.7 Å². The normalized spacial score (nSPS) is 12.6. The molecule has 0 bridgehead atoms. The number of nitrogens with one attached hydrogen (secondary N) is 5. The van der Waals surface area contributed by atoms with Crippen molar-refractivity contribution in [1.29, 1.82) is 0 Å². The van der Waals surface area contributed by atoms with Crippen LogP contribution in [0.15, 0.2) is 30.5 Å². The maximum absolute atomic E-state index is 11.7. The number of hydrogen-bond donors (Lipinski definition) is 5. The van der Waals surface area contributed by atoms with E-state index in [1.165, 1.54) is 13.2 Å². The van der Waals surface area contributed by atoms with Gasteiger partial charge >= 0.3 is 6.03 Å². The van der Waals surface area contributed by atoms with Gasteiger partial charge in [0, 0.05) is 20.2 Å². The van der Waals surface area contributed by atoms with Gasteiger partial charge in [-0.1, -0.05) is 6.07 Å². The zero-order valence-corrected chi connectivity index (χ0v) is 15.2. The van der Waals surface area contributed by atoms with Gasteiger partial charge in [-0.3, -0.25) is 4.79 Å². The second kappa shape index (κ2) is 6.95. The van der Waals surface area contributed by atoms with Crippen molar-refractivity contribution in [2.24, 2.45) is 0 Å². The smallest absolute Gasteiger partial charge is 0.319 e. The Morgan fingerprint density at radius 2 is 2.14 bits per heavy atom. The Balaban J connectivity index is 1.73. The number of urea groups is 1. The molecule has 0 radical (unpaired) electrons. The van der Waals surface area contributed by atoms with E-state index >= 15 is 0 Å². The highest BCUT2D eigenvalue weighted by molar-refractivity contribution is 5.97. The summed E-state index contributed by atoms with van der Waals surface area (Å²) in [5.41, 5.74) is 2.15. The molecule has 0 saturated heterocycles. The third-order valence-corrected chi connectivity index (χ3v) is 4.10. The summed E-state index contributed by atoms with van der Waals surface area (Å²) < 4.78 is 7.14. The summed E-state index contributed by atoms with van der Waals surface area (Å²) in [5, 5.41) is 18.4. The fourth-order valence-corrected chi connectivity index (χ4v) is 2.83. The van der Waals surface area contributed by atoms with Crippen LogP contribution in [0.25, 0.3) is 5.65 Å². The van der Waals surface area contributed by atoms with Crippen LogP contribution in [-0.4, -0.2) is 47.2 Å². The minimum Gasteiger partial charge on any atom is -0.479 e. The Kier molecular flexibility index (Phi) is 4.32. The first-order chi connectivity index (χ1) is 13.6. The second-order valence-electron chi connectivity index (χ2n) is 5.92. The molecule has 2 aromatic heterocycles. The van der Waals surface area contributed by atoms with E-state index in [1.54, 1.807) is 29.8 Å². The van der Waals surface area contributed by atoms with Crippen molar-refractivity contribution in [3.05, 3.63) is 30.5 Å². The Morgan fingerprint density at radius 1 is 1.29 bits per heavy atom. The second-order valence-corrected chi connectivity index (χ2v) is 5.92. The standard InChI is InChI=1S/C17H18N8O3/c1-18-13-6-12(24-16-11(7-20-25(13)16)23-17(27)19-2)21-9-4-3-5-10-15(9)28-8-14(26)22-10/h3-7,18H,8H2,1-2H3,(H,21,24)(H,22,26)(H2,19,23,27). The maximum Gasteiger partial charge on any atom is 0.319 e. The van der Waals surface area contributed by atoms with Crippen LogP contribution >= 0.6 is 0 Å². The van der Waals surface area contributed by atoms with Crippen LogP contribution in [0.3, 0.4) is 0 Å². The van der Waals surface area contributed by atoms with Crippen molar-refractivity contribution in [2.45, 2.75) is 0 Å². The fraction of sp³-hybridized carbons (Fsp3) is 0.176. The first kappa shape index (κ1) is 17.4. The molecule has 0 fully saturated rings. The van der Waals surface area contributed by atoms with Gasteiger partial charge in [0.15, 0.2) is 18.0 Å². The first-order valence-electron chi connectivity index (χ1n) is 8.47. The number of benzene rings is 1. The lowest BCUT2D eigenvalue weighted by Gasteiger charge is -2.21. The summed E-state index contributed by atoms with van der Waals surface area (Å²) in [6.07, 6.45) is 1.52. The Morgan fingerprint density at radius 3 is 2.93 bits per heavy atom. The molecule has 3 heterocycles. The lowest BCUT2D eigenvalue weighted by molar-refractivity contribution is -0.118. The van der Waals surface area contributed by atoms with Gasteiger partial charge < -0.3 is 31.3 Å². The number of hydrogen-bond acceptors (Lipinski definition) is 7.